The number of aromatic nitrogens is 3. The molecule has 2 atom stereocenters. The standard InChI is InChI=1S/C22H27N5O2S/c1-15-11-20-18(13-27(15)21-8-9-23-19-7-3-6-17(19)21)22(25-14-24-20)26-10-4-5-16(12-26)30(2,28)29/h3,6,8-9,14-16H,4-5,7,10-13H2,1-2H3/t15-,16-/m1/s1. The smallest absolute Gasteiger partial charge is 0.152 e. The number of rotatable bonds is 3. The number of pyridine rings is 1. The van der Waals surface area contributed by atoms with Crippen LogP contribution in [-0.4, -0.2) is 54.0 Å². The molecule has 0 saturated carbocycles. The van der Waals surface area contributed by atoms with Gasteiger partial charge in [0.25, 0.3) is 0 Å². The molecule has 0 spiro atoms. The van der Waals surface area contributed by atoms with Crippen molar-refractivity contribution in [3.63, 3.8) is 0 Å². The number of piperidine rings is 1. The highest BCUT2D eigenvalue weighted by molar-refractivity contribution is 7.91. The lowest BCUT2D eigenvalue weighted by Gasteiger charge is -2.40. The molecule has 1 saturated heterocycles. The third-order valence-electron chi connectivity index (χ3n) is 6.60. The molecule has 0 bridgehead atoms. The van der Waals surface area contributed by atoms with Gasteiger partial charge in [-0.25, -0.2) is 18.4 Å². The third-order valence-corrected chi connectivity index (χ3v) is 8.19. The van der Waals surface area contributed by atoms with Crippen LogP contribution in [0.3, 0.4) is 0 Å². The number of allylic oxidation sites excluding steroid dienone is 1. The highest BCUT2D eigenvalue weighted by Gasteiger charge is 2.33. The van der Waals surface area contributed by atoms with Gasteiger partial charge in [0.2, 0.25) is 0 Å². The first-order valence-corrected chi connectivity index (χ1v) is 12.5. The van der Waals surface area contributed by atoms with E-state index in [1.54, 1.807) is 6.33 Å². The van der Waals surface area contributed by atoms with Crippen LogP contribution < -0.4 is 9.80 Å². The van der Waals surface area contributed by atoms with Crippen molar-refractivity contribution in [2.45, 2.75) is 50.4 Å². The summed E-state index contributed by atoms with van der Waals surface area (Å²) in [5.41, 5.74) is 5.74. The Bertz CT molecular complexity index is 1110. The van der Waals surface area contributed by atoms with Crippen molar-refractivity contribution in [2.24, 2.45) is 0 Å². The second kappa shape index (κ2) is 7.34. The fourth-order valence-electron chi connectivity index (χ4n) is 4.96. The maximum atomic E-state index is 12.2. The van der Waals surface area contributed by atoms with Crippen molar-refractivity contribution in [3.05, 3.63) is 47.2 Å². The first-order chi connectivity index (χ1) is 14.4. The fourth-order valence-corrected chi connectivity index (χ4v) is 6.00. The minimum absolute atomic E-state index is 0.311. The summed E-state index contributed by atoms with van der Waals surface area (Å²) in [6, 6.07) is 2.41. The van der Waals surface area contributed by atoms with Gasteiger partial charge in [-0.05, 0) is 25.8 Å². The van der Waals surface area contributed by atoms with Crippen molar-refractivity contribution in [1.82, 2.24) is 15.0 Å². The minimum Gasteiger partial charge on any atom is -0.363 e. The summed E-state index contributed by atoms with van der Waals surface area (Å²) in [5.74, 6) is 0.895. The van der Waals surface area contributed by atoms with Gasteiger partial charge in [0.15, 0.2) is 9.84 Å². The Balaban J connectivity index is 1.50. The Kier molecular flexibility index (Phi) is 4.76. The quantitative estimate of drug-likeness (QED) is 0.747. The molecule has 0 radical (unpaired) electrons. The minimum atomic E-state index is -3.07. The number of sulfone groups is 1. The molecule has 0 amide bonds. The average Bonchev–Trinajstić information content (AvgIpc) is 3.21. The number of hydrogen-bond acceptors (Lipinski definition) is 7. The van der Waals surface area contributed by atoms with Gasteiger partial charge < -0.3 is 9.80 Å². The van der Waals surface area contributed by atoms with E-state index in [0.29, 0.717) is 12.6 Å². The van der Waals surface area contributed by atoms with E-state index in [4.69, 9.17) is 0 Å². The summed E-state index contributed by atoms with van der Waals surface area (Å²) >= 11 is 0. The highest BCUT2D eigenvalue weighted by Crippen LogP contribution is 2.36. The predicted octanol–water partition coefficient (Wildman–Crippen LogP) is 2.41. The van der Waals surface area contributed by atoms with E-state index in [-0.39, 0.29) is 5.25 Å². The molecule has 7 nitrogen and oxygen atoms in total. The number of anilines is 2. The van der Waals surface area contributed by atoms with E-state index in [1.807, 2.05) is 6.20 Å². The Morgan fingerprint density at radius 2 is 2.03 bits per heavy atom. The van der Waals surface area contributed by atoms with Gasteiger partial charge in [-0.15, -0.1) is 0 Å². The Morgan fingerprint density at radius 3 is 2.87 bits per heavy atom. The van der Waals surface area contributed by atoms with Crippen LogP contribution in [0.15, 0.2) is 24.7 Å². The molecule has 2 aromatic heterocycles. The maximum Gasteiger partial charge on any atom is 0.152 e. The molecule has 5 rings (SSSR count). The molecule has 0 unspecified atom stereocenters. The number of hydrogen-bond donors (Lipinski definition) is 0. The predicted molar refractivity (Wildman–Crippen MR) is 118 cm³/mol. The molecule has 2 aromatic rings. The molecule has 1 aliphatic carbocycles. The zero-order valence-corrected chi connectivity index (χ0v) is 18.3. The van der Waals surface area contributed by atoms with Crippen molar-refractivity contribution in [2.75, 3.05) is 29.1 Å². The molecule has 0 aromatic carbocycles. The van der Waals surface area contributed by atoms with Crippen molar-refractivity contribution < 1.29 is 8.42 Å². The van der Waals surface area contributed by atoms with Crippen LogP contribution in [0.25, 0.3) is 6.08 Å². The van der Waals surface area contributed by atoms with E-state index in [0.717, 1.165) is 61.5 Å². The molecule has 3 aliphatic rings. The van der Waals surface area contributed by atoms with E-state index in [9.17, 15) is 8.42 Å². The van der Waals surface area contributed by atoms with Gasteiger partial charge >= 0.3 is 0 Å². The van der Waals surface area contributed by atoms with Crippen LogP contribution in [-0.2, 0) is 29.2 Å². The topological polar surface area (TPSA) is 79.3 Å². The van der Waals surface area contributed by atoms with E-state index < -0.39 is 9.84 Å². The summed E-state index contributed by atoms with van der Waals surface area (Å²) in [6.07, 6.45) is 12.5. The lowest BCUT2D eigenvalue weighted by Crippen LogP contribution is -2.45. The first-order valence-electron chi connectivity index (χ1n) is 10.6. The average molecular weight is 426 g/mol. The Hall–Kier alpha value is -2.48. The van der Waals surface area contributed by atoms with Gasteiger partial charge in [-0.2, -0.15) is 0 Å². The molecule has 2 aliphatic heterocycles. The largest absolute Gasteiger partial charge is 0.363 e. The second-order valence-corrected chi connectivity index (χ2v) is 11.0. The van der Waals surface area contributed by atoms with Crippen molar-refractivity contribution >= 4 is 27.4 Å². The zero-order valence-electron chi connectivity index (χ0n) is 17.5. The molecule has 0 N–H and O–H groups in total. The van der Waals surface area contributed by atoms with Crippen LogP contribution in [0, 0.1) is 0 Å². The third kappa shape index (κ3) is 3.37. The van der Waals surface area contributed by atoms with Crippen molar-refractivity contribution in [3.8, 4) is 0 Å². The summed E-state index contributed by atoms with van der Waals surface area (Å²) < 4.78 is 24.3. The molecular formula is C22H27N5O2S. The Morgan fingerprint density at radius 1 is 1.17 bits per heavy atom. The van der Waals surface area contributed by atoms with Gasteiger partial charge in [0, 0.05) is 67.8 Å². The van der Waals surface area contributed by atoms with E-state index in [1.165, 1.54) is 17.5 Å². The second-order valence-electron chi connectivity index (χ2n) is 8.64. The number of nitrogens with zero attached hydrogens (tertiary/aromatic N) is 5. The molecular weight excluding hydrogens is 398 g/mol. The molecule has 8 heteroatoms. The lowest BCUT2D eigenvalue weighted by molar-refractivity contribution is 0.528. The summed E-state index contributed by atoms with van der Waals surface area (Å²) in [5, 5.41) is -0.330. The molecule has 1 fully saturated rings. The lowest BCUT2D eigenvalue weighted by atomic mass is 9.97. The summed E-state index contributed by atoms with van der Waals surface area (Å²) in [4.78, 5) is 18.3. The molecule has 4 heterocycles. The van der Waals surface area contributed by atoms with Gasteiger partial charge in [-0.1, -0.05) is 12.2 Å². The number of fused-ring (bicyclic) bond motifs is 2. The Labute approximate surface area is 177 Å². The first kappa shape index (κ1) is 19.5. The molecule has 30 heavy (non-hydrogen) atoms. The van der Waals surface area contributed by atoms with Crippen LogP contribution >= 0.6 is 0 Å². The normalized spacial score (nSPS) is 23.4. The van der Waals surface area contributed by atoms with E-state index in [2.05, 4.69) is 49.9 Å². The molecule has 158 valence electrons. The van der Waals surface area contributed by atoms with E-state index >= 15 is 0 Å². The van der Waals surface area contributed by atoms with Crippen LogP contribution in [0.5, 0.6) is 0 Å². The maximum absolute atomic E-state index is 12.2. The fraction of sp³-hybridized carbons (Fsp3) is 0.500. The van der Waals surface area contributed by atoms with Gasteiger partial charge in [0.1, 0.15) is 12.1 Å². The van der Waals surface area contributed by atoms with Crippen LogP contribution in [0.4, 0.5) is 11.5 Å². The highest BCUT2D eigenvalue weighted by atomic mass is 32.2. The SMILES string of the molecule is C[C@@H]1Cc2ncnc(N3CCC[C@@H](S(C)(=O)=O)C3)c2CN1c1ccnc2c1C=CC2. The van der Waals surface area contributed by atoms with Gasteiger partial charge in [-0.3, -0.25) is 4.98 Å². The van der Waals surface area contributed by atoms with Crippen LogP contribution in [0.1, 0.15) is 42.3 Å². The van der Waals surface area contributed by atoms with Gasteiger partial charge in [0.05, 0.1) is 16.6 Å². The van der Waals surface area contributed by atoms with Crippen molar-refractivity contribution in [1.29, 1.82) is 0 Å². The summed E-state index contributed by atoms with van der Waals surface area (Å²) in [6.45, 7) is 4.29. The van der Waals surface area contributed by atoms with Crippen LogP contribution in [0.2, 0.25) is 0 Å². The zero-order chi connectivity index (χ0) is 20.9. The summed E-state index contributed by atoms with van der Waals surface area (Å²) in [7, 11) is -3.07. The monoisotopic (exact) mass is 425 g/mol.